The lowest BCUT2D eigenvalue weighted by Gasteiger charge is -2.30. The van der Waals surface area contributed by atoms with Gasteiger partial charge in [0, 0.05) is 18.5 Å². The Balaban J connectivity index is 1.74. The zero-order valence-electron chi connectivity index (χ0n) is 11.8. The number of nitrogens with zero attached hydrogens (tertiary/aromatic N) is 2. The van der Waals surface area contributed by atoms with Gasteiger partial charge in [0.1, 0.15) is 0 Å². The van der Waals surface area contributed by atoms with E-state index in [0.717, 1.165) is 10.9 Å². The van der Waals surface area contributed by atoms with E-state index in [2.05, 4.69) is 10.2 Å². The summed E-state index contributed by atoms with van der Waals surface area (Å²) in [6.07, 6.45) is 1.28. The number of amides is 1. The van der Waals surface area contributed by atoms with E-state index in [1.807, 2.05) is 24.3 Å². The molecule has 1 amide bonds. The van der Waals surface area contributed by atoms with Gasteiger partial charge in [0.25, 0.3) is 5.91 Å². The molecule has 0 radical (unpaired) electrons. The molecule has 110 valence electrons. The van der Waals surface area contributed by atoms with Gasteiger partial charge in [-0.05, 0) is 18.9 Å². The molecule has 1 N–H and O–H groups in total. The molecule has 1 fully saturated rings. The van der Waals surface area contributed by atoms with Crippen LogP contribution in [0, 0.1) is 5.92 Å². The van der Waals surface area contributed by atoms with Crippen LogP contribution < -0.4 is 0 Å². The highest BCUT2D eigenvalue weighted by molar-refractivity contribution is 6.04. The highest BCUT2D eigenvalue weighted by Crippen LogP contribution is 2.22. The lowest BCUT2D eigenvalue weighted by Crippen LogP contribution is -2.40. The molecule has 0 bridgehead atoms. The number of nitrogens with one attached hydrogen (secondary N) is 1. The molecular formula is C15H17N3O3. The minimum atomic E-state index is -0.188. The summed E-state index contributed by atoms with van der Waals surface area (Å²) in [4.78, 5) is 25.8. The van der Waals surface area contributed by atoms with Crippen LogP contribution in [-0.2, 0) is 9.53 Å². The van der Waals surface area contributed by atoms with Crippen LogP contribution in [0.5, 0.6) is 0 Å². The quantitative estimate of drug-likeness (QED) is 0.851. The molecule has 6 nitrogen and oxygen atoms in total. The van der Waals surface area contributed by atoms with E-state index < -0.39 is 0 Å². The number of ether oxygens (including phenoxy) is 1. The summed E-state index contributed by atoms with van der Waals surface area (Å²) < 4.78 is 4.76. The van der Waals surface area contributed by atoms with Gasteiger partial charge in [0.15, 0.2) is 5.69 Å². The van der Waals surface area contributed by atoms with Crippen molar-refractivity contribution in [3.05, 3.63) is 30.0 Å². The van der Waals surface area contributed by atoms with Crippen LogP contribution in [-0.4, -0.2) is 47.2 Å². The van der Waals surface area contributed by atoms with Crippen molar-refractivity contribution in [2.75, 3.05) is 20.2 Å². The van der Waals surface area contributed by atoms with E-state index in [9.17, 15) is 9.59 Å². The molecule has 1 saturated heterocycles. The van der Waals surface area contributed by atoms with E-state index >= 15 is 0 Å². The molecule has 1 aliphatic rings. The number of H-pyrrole nitrogens is 1. The lowest BCUT2D eigenvalue weighted by molar-refractivity contribution is -0.146. The summed E-state index contributed by atoms with van der Waals surface area (Å²) in [5, 5.41) is 7.84. The minimum Gasteiger partial charge on any atom is -0.469 e. The number of aromatic amines is 1. The van der Waals surface area contributed by atoms with E-state index in [-0.39, 0.29) is 17.8 Å². The maximum absolute atomic E-state index is 12.5. The van der Waals surface area contributed by atoms with Gasteiger partial charge < -0.3 is 9.64 Å². The molecule has 1 aromatic carbocycles. The number of hydrogen-bond acceptors (Lipinski definition) is 4. The molecule has 1 aromatic heterocycles. The lowest BCUT2D eigenvalue weighted by atomic mass is 9.97. The van der Waals surface area contributed by atoms with E-state index in [1.54, 1.807) is 4.90 Å². The van der Waals surface area contributed by atoms with Crippen LogP contribution in [0.3, 0.4) is 0 Å². The smallest absolute Gasteiger partial charge is 0.308 e. The monoisotopic (exact) mass is 287 g/mol. The molecule has 2 aromatic rings. The van der Waals surface area contributed by atoms with Crippen LogP contribution >= 0.6 is 0 Å². The Kier molecular flexibility index (Phi) is 3.60. The number of carbonyl (C=O) groups is 2. The summed E-state index contributed by atoms with van der Waals surface area (Å²) in [7, 11) is 1.40. The number of likely N-dealkylation sites (tertiary alicyclic amines) is 1. The van der Waals surface area contributed by atoms with Crippen LogP contribution in [0.15, 0.2) is 24.3 Å². The number of rotatable bonds is 2. The zero-order valence-corrected chi connectivity index (χ0v) is 11.8. The van der Waals surface area contributed by atoms with Crippen molar-refractivity contribution in [2.24, 2.45) is 5.92 Å². The maximum Gasteiger partial charge on any atom is 0.308 e. The van der Waals surface area contributed by atoms with Gasteiger partial charge in [-0.25, -0.2) is 0 Å². The number of benzene rings is 1. The molecule has 1 aliphatic heterocycles. The third-order valence-corrected chi connectivity index (χ3v) is 3.99. The number of esters is 1. The number of fused-ring (bicyclic) bond motifs is 1. The molecule has 21 heavy (non-hydrogen) atoms. The van der Waals surface area contributed by atoms with Crippen molar-refractivity contribution in [3.8, 4) is 0 Å². The molecule has 0 spiro atoms. The standard InChI is InChI=1S/C15H17N3O3/c1-21-15(20)10-6-8-18(9-7-10)14(19)13-11-4-2-3-5-12(11)16-17-13/h2-5,10H,6-9H2,1H3,(H,16,17). The second-order valence-electron chi connectivity index (χ2n) is 5.21. The van der Waals surface area contributed by atoms with Crippen LogP contribution in [0.1, 0.15) is 23.3 Å². The highest BCUT2D eigenvalue weighted by atomic mass is 16.5. The van der Waals surface area contributed by atoms with Gasteiger partial charge in [-0.1, -0.05) is 18.2 Å². The van der Waals surface area contributed by atoms with Gasteiger partial charge in [-0.3, -0.25) is 14.7 Å². The molecule has 0 aliphatic carbocycles. The highest BCUT2D eigenvalue weighted by Gasteiger charge is 2.29. The second-order valence-corrected chi connectivity index (χ2v) is 5.21. The Morgan fingerprint density at radius 1 is 1.29 bits per heavy atom. The Hall–Kier alpha value is -2.37. The zero-order chi connectivity index (χ0) is 14.8. The fraction of sp³-hybridized carbons (Fsp3) is 0.400. The minimum absolute atomic E-state index is 0.0873. The average molecular weight is 287 g/mol. The summed E-state index contributed by atoms with van der Waals surface area (Å²) in [6.45, 7) is 1.11. The summed E-state index contributed by atoms with van der Waals surface area (Å²) in [5.74, 6) is -0.377. The van der Waals surface area contributed by atoms with Gasteiger partial charge in [0.2, 0.25) is 0 Å². The van der Waals surface area contributed by atoms with Crippen molar-refractivity contribution in [1.29, 1.82) is 0 Å². The van der Waals surface area contributed by atoms with Crippen molar-refractivity contribution in [3.63, 3.8) is 0 Å². The average Bonchev–Trinajstić information content (AvgIpc) is 2.97. The summed E-state index contributed by atoms with van der Waals surface area (Å²) in [6, 6.07) is 7.56. The third kappa shape index (κ3) is 2.49. The Bertz CT molecular complexity index is 672. The van der Waals surface area contributed by atoms with Gasteiger partial charge >= 0.3 is 5.97 Å². The topological polar surface area (TPSA) is 75.3 Å². The number of piperidine rings is 1. The second kappa shape index (κ2) is 5.55. The van der Waals surface area contributed by atoms with Gasteiger partial charge in [-0.2, -0.15) is 5.10 Å². The fourth-order valence-corrected chi connectivity index (χ4v) is 2.76. The van der Waals surface area contributed by atoms with Crippen molar-refractivity contribution in [2.45, 2.75) is 12.8 Å². The molecule has 3 rings (SSSR count). The van der Waals surface area contributed by atoms with E-state index in [1.165, 1.54) is 7.11 Å². The van der Waals surface area contributed by atoms with Crippen LogP contribution in [0.25, 0.3) is 10.9 Å². The Morgan fingerprint density at radius 3 is 2.71 bits per heavy atom. The molecular weight excluding hydrogens is 270 g/mol. The van der Waals surface area contributed by atoms with Crippen LogP contribution in [0.2, 0.25) is 0 Å². The predicted molar refractivity (Wildman–Crippen MR) is 76.7 cm³/mol. The van der Waals surface area contributed by atoms with Crippen molar-refractivity contribution in [1.82, 2.24) is 15.1 Å². The van der Waals surface area contributed by atoms with Crippen LogP contribution in [0.4, 0.5) is 0 Å². The molecule has 2 heterocycles. The van der Waals surface area contributed by atoms with Crippen molar-refractivity contribution >= 4 is 22.8 Å². The van der Waals surface area contributed by atoms with E-state index in [0.29, 0.717) is 31.6 Å². The molecule has 0 atom stereocenters. The van der Waals surface area contributed by atoms with E-state index in [4.69, 9.17) is 4.74 Å². The number of hydrogen-bond donors (Lipinski definition) is 1. The summed E-state index contributed by atoms with van der Waals surface area (Å²) in [5.41, 5.74) is 1.30. The number of methoxy groups -OCH3 is 1. The number of aromatic nitrogens is 2. The fourth-order valence-electron chi connectivity index (χ4n) is 2.76. The SMILES string of the molecule is COC(=O)C1CCN(C(=O)c2n[nH]c3ccccc23)CC1. The van der Waals surface area contributed by atoms with Crippen molar-refractivity contribution < 1.29 is 14.3 Å². The third-order valence-electron chi connectivity index (χ3n) is 3.99. The van der Waals surface area contributed by atoms with Gasteiger partial charge in [0.05, 0.1) is 18.5 Å². The first-order valence-electron chi connectivity index (χ1n) is 7.01. The normalized spacial score (nSPS) is 16.1. The first kappa shape index (κ1) is 13.6. The first-order chi connectivity index (χ1) is 10.2. The number of carbonyl (C=O) groups excluding carboxylic acids is 2. The molecule has 6 heteroatoms. The largest absolute Gasteiger partial charge is 0.469 e. The number of para-hydroxylation sites is 1. The summed E-state index contributed by atoms with van der Waals surface area (Å²) >= 11 is 0. The maximum atomic E-state index is 12.5. The van der Waals surface area contributed by atoms with Gasteiger partial charge in [-0.15, -0.1) is 0 Å². The Morgan fingerprint density at radius 2 is 2.00 bits per heavy atom. The predicted octanol–water partition coefficient (Wildman–Crippen LogP) is 1.59. The molecule has 0 unspecified atom stereocenters. The molecule has 0 saturated carbocycles. The Labute approximate surface area is 122 Å². The first-order valence-corrected chi connectivity index (χ1v) is 7.01.